The normalized spacial score (nSPS) is 17.1. The van der Waals surface area contributed by atoms with Crippen LogP contribution in [0.25, 0.3) is 10.8 Å². The fraction of sp³-hybridized carbons (Fsp3) is 0.158. The number of halogens is 2. The molecular weight excluding hydrogens is 455 g/mol. The minimum absolute atomic E-state index is 0.0322. The molecule has 0 radical (unpaired) electrons. The van der Waals surface area contributed by atoms with E-state index in [-0.39, 0.29) is 32.4 Å². The predicted molar refractivity (Wildman–Crippen MR) is 114 cm³/mol. The Morgan fingerprint density at radius 3 is 2.59 bits per heavy atom. The van der Waals surface area contributed by atoms with Gasteiger partial charge in [0, 0.05) is 18.4 Å². The molecule has 1 aliphatic heterocycles. The summed E-state index contributed by atoms with van der Waals surface area (Å²) in [6, 6.07) is 14.4. The second kappa shape index (κ2) is 7.60. The summed E-state index contributed by atoms with van der Waals surface area (Å²) in [6.45, 7) is 0.0896. The number of amides is 2. The summed E-state index contributed by atoms with van der Waals surface area (Å²) in [4.78, 5) is 26.5. The lowest BCUT2D eigenvalue weighted by molar-refractivity contribution is -0.124. The number of fused-ring (bicyclic) bond motifs is 1. The Balaban J connectivity index is 1.56. The molecule has 10 heteroatoms. The Morgan fingerprint density at radius 2 is 1.86 bits per heavy atom. The van der Waals surface area contributed by atoms with Crippen LogP contribution in [0.15, 0.2) is 53.4 Å². The van der Waals surface area contributed by atoms with E-state index < -0.39 is 21.8 Å². The van der Waals surface area contributed by atoms with Gasteiger partial charge in [-0.2, -0.15) is 0 Å². The van der Waals surface area contributed by atoms with Gasteiger partial charge >= 0.3 is 0 Å². The molecule has 1 aromatic heterocycles. The van der Waals surface area contributed by atoms with Crippen LogP contribution in [0.3, 0.4) is 0 Å². The van der Waals surface area contributed by atoms with Crippen molar-refractivity contribution >= 4 is 72.8 Å². The lowest BCUT2D eigenvalue weighted by Gasteiger charge is -2.19. The molecular formula is C19H14Cl2N2O4S2. The quantitative estimate of drug-likeness (QED) is 0.625. The van der Waals surface area contributed by atoms with Gasteiger partial charge in [0.1, 0.15) is 9.23 Å². The molecule has 3 aromatic rings. The summed E-state index contributed by atoms with van der Waals surface area (Å²) in [5.41, 5.74) is 0.693. The molecule has 1 atom stereocenters. The van der Waals surface area contributed by atoms with E-state index in [4.69, 9.17) is 23.2 Å². The second-order valence-electron chi connectivity index (χ2n) is 6.56. The van der Waals surface area contributed by atoms with E-state index in [0.717, 1.165) is 22.1 Å². The minimum Gasteiger partial charge on any atom is -0.311 e. The fourth-order valence-corrected chi connectivity index (χ4v) is 6.53. The summed E-state index contributed by atoms with van der Waals surface area (Å²) >= 11 is 12.6. The van der Waals surface area contributed by atoms with E-state index >= 15 is 0 Å². The number of carbonyl (C=O) groups is 2. The highest BCUT2D eigenvalue weighted by atomic mass is 35.5. The van der Waals surface area contributed by atoms with Crippen LogP contribution in [0.4, 0.5) is 5.69 Å². The average molecular weight is 469 g/mol. The second-order valence-corrected chi connectivity index (χ2v) is 10.5. The number of anilines is 1. The molecule has 1 aliphatic rings. The molecule has 6 nitrogen and oxygen atoms in total. The summed E-state index contributed by atoms with van der Waals surface area (Å²) in [5.74, 6) is -1.79. The number of sulfonamides is 1. The summed E-state index contributed by atoms with van der Waals surface area (Å²) in [7, 11) is -4.18. The van der Waals surface area contributed by atoms with Crippen LogP contribution in [0, 0.1) is 5.92 Å². The number of nitrogens with one attached hydrogen (secondary N) is 1. The third-order valence-electron chi connectivity index (χ3n) is 4.70. The Hall–Kier alpha value is -2.13. The van der Waals surface area contributed by atoms with Crippen LogP contribution in [-0.4, -0.2) is 26.8 Å². The predicted octanol–water partition coefficient (Wildman–Crippen LogP) is 4.07. The van der Waals surface area contributed by atoms with Crippen molar-refractivity contribution in [2.75, 3.05) is 11.4 Å². The van der Waals surface area contributed by atoms with Crippen molar-refractivity contribution in [2.45, 2.75) is 11.3 Å². The number of benzene rings is 2. The zero-order chi connectivity index (χ0) is 20.8. The van der Waals surface area contributed by atoms with Gasteiger partial charge in [-0.1, -0.05) is 59.6 Å². The van der Waals surface area contributed by atoms with Crippen LogP contribution in [0.5, 0.6) is 0 Å². The van der Waals surface area contributed by atoms with E-state index in [0.29, 0.717) is 5.69 Å². The molecule has 0 aliphatic carbocycles. The molecule has 1 fully saturated rings. The van der Waals surface area contributed by atoms with Gasteiger partial charge in [-0.05, 0) is 17.5 Å². The van der Waals surface area contributed by atoms with E-state index in [1.165, 1.54) is 11.0 Å². The molecule has 1 N–H and O–H groups in total. The van der Waals surface area contributed by atoms with Crippen molar-refractivity contribution in [2.24, 2.45) is 5.92 Å². The van der Waals surface area contributed by atoms with Crippen molar-refractivity contribution in [3.63, 3.8) is 0 Å². The van der Waals surface area contributed by atoms with E-state index in [2.05, 4.69) is 0 Å². The van der Waals surface area contributed by atoms with Crippen molar-refractivity contribution in [1.82, 2.24) is 4.72 Å². The van der Waals surface area contributed by atoms with E-state index in [1.54, 1.807) is 0 Å². The van der Waals surface area contributed by atoms with Crippen LogP contribution in [0.1, 0.15) is 6.42 Å². The zero-order valence-corrected chi connectivity index (χ0v) is 17.9. The first kappa shape index (κ1) is 20.2. The number of rotatable bonds is 4. The van der Waals surface area contributed by atoms with E-state index in [1.807, 2.05) is 47.2 Å². The lowest BCUT2D eigenvalue weighted by atomic mass is 10.1. The van der Waals surface area contributed by atoms with Gasteiger partial charge in [-0.25, -0.2) is 13.1 Å². The van der Waals surface area contributed by atoms with Crippen LogP contribution < -0.4 is 9.62 Å². The maximum atomic E-state index is 12.6. The molecule has 0 bridgehead atoms. The Morgan fingerprint density at radius 1 is 1.14 bits per heavy atom. The van der Waals surface area contributed by atoms with Crippen molar-refractivity contribution < 1.29 is 18.0 Å². The van der Waals surface area contributed by atoms with Crippen LogP contribution >= 0.6 is 34.5 Å². The van der Waals surface area contributed by atoms with Gasteiger partial charge in [0.2, 0.25) is 11.8 Å². The molecule has 29 heavy (non-hydrogen) atoms. The highest BCUT2D eigenvalue weighted by Gasteiger charge is 2.37. The number of hydrogen-bond donors (Lipinski definition) is 1. The topological polar surface area (TPSA) is 83.5 Å². The SMILES string of the molecule is O=C(NS(=O)(=O)c1cc(Cl)sc1Cl)C1CC(=O)N(c2cccc3ccccc23)C1. The van der Waals surface area contributed by atoms with Gasteiger partial charge in [0.25, 0.3) is 10.0 Å². The third kappa shape index (κ3) is 3.85. The first-order valence-electron chi connectivity index (χ1n) is 8.56. The number of thiophene rings is 1. The van der Waals surface area contributed by atoms with Crippen LogP contribution in [0.2, 0.25) is 8.67 Å². The molecule has 0 saturated carbocycles. The minimum atomic E-state index is -4.18. The van der Waals surface area contributed by atoms with Gasteiger partial charge in [0.05, 0.1) is 15.9 Å². The smallest absolute Gasteiger partial charge is 0.266 e. The Bertz CT molecular complexity index is 1230. The zero-order valence-electron chi connectivity index (χ0n) is 14.8. The van der Waals surface area contributed by atoms with Crippen molar-refractivity contribution in [3.05, 3.63) is 57.2 Å². The Labute approximate surface area is 181 Å². The molecule has 4 rings (SSSR count). The number of hydrogen-bond acceptors (Lipinski definition) is 5. The van der Waals surface area contributed by atoms with Crippen LogP contribution in [-0.2, 0) is 19.6 Å². The summed E-state index contributed by atoms with van der Waals surface area (Å²) in [5, 5.41) is 1.86. The highest BCUT2D eigenvalue weighted by Crippen LogP contribution is 2.35. The van der Waals surface area contributed by atoms with Gasteiger partial charge < -0.3 is 4.90 Å². The molecule has 150 valence electrons. The molecule has 1 saturated heterocycles. The van der Waals surface area contributed by atoms with Crippen molar-refractivity contribution in [3.8, 4) is 0 Å². The molecule has 0 spiro atoms. The molecule has 1 unspecified atom stereocenters. The van der Waals surface area contributed by atoms with Gasteiger partial charge in [0.15, 0.2) is 0 Å². The average Bonchev–Trinajstić information content (AvgIpc) is 3.23. The number of carbonyl (C=O) groups excluding carboxylic acids is 2. The first-order chi connectivity index (χ1) is 13.8. The maximum absolute atomic E-state index is 12.6. The summed E-state index contributed by atoms with van der Waals surface area (Å²) < 4.78 is 27.1. The summed E-state index contributed by atoms with van der Waals surface area (Å²) in [6.07, 6.45) is -0.0807. The molecule has 2 heterocycles. The largest absolute Gasteiger partial charge is 0.311 e. The first-order valence-corrected chi connectivity index (χ1v) is 11.6. The Kier molecular flexibility index (Phi) is 5.29. The third-order valence-corrected chi connectivity index (χ3v) is 7.80. The monoisotopic (exact) mass is 468 g/mol. The highest BCUT2D eigenvalue weighted by molar-refractivity contribution is 7.90. The fourth-order valence-electron chi connectivity index (χ4n) is 3.34. The van der Waals surface area contributed by atoms with Crippen molar-refractivity contribution in [1.29, 1.82) is 0 Å². The molecule has 2 aromatic carbocycles. The van der Waals surface area contributed by atoms with E-state index in [9.17, 15) is 18.0 Å². The maximum Gasteiger partial charge on any atom is 0.266 e. The van der Waals surface area contributed by atoms with Gasteiger partial charge in [-0.15, -0.1) is 11.3 Å². The lowest BCUT2D eigenvalue weighted by Crippen LogP contribution is -2.37. The number of nitrogens with zero attached hydrogens (tertiary/aromatic N) is 1. The standard InChI is InChI=1S/C19H14Cl2N2O4S2/c20-16-9-15(18(21)28-16)29(26,27)22-19(25)12-8-17(24)23(10-12)14-7-3-5-11-4-1-2-6-13(11)14/h1-7,9,12H,8,10H2,(H,22,25). The molecule has 2 amide bonds. The van der Waals surface area contributed by atoms with Gasteiger partial charge in [-0.3, -0.25) is 9.59 Å².